The molecular formula is C26H26F4N6O2S. The Bertz CT molecular complexity index is 1520. The molecule has 4 aromatic rings. The van der Waals surface area contributed by atoms with Crippen molar-refractivity contribution in [1.82, 2.24) is 24.7 Å². The maximum Gasteiger partial charge on any atom is 0.416 e. The SMILES string of the molecule is CC(C)Oc1nc2nc(N3C[C@@H](C)O[C@@H](c4cnn(C5CC5)c4)C3)nc(-c3ccc(C(F)(F)F)cc3F)c2s1. The van der Waals surface area contributed by atoms with Crippen molar-refractivity contribution in [2.75, 3.05) is 18.0 Å². The number of hydrogen-bond acceptors (Lipinski definition) is 8. The highest BCUT2D eigenvalue weighted by molar-refractivity contribution is 7.20. The van der Waals surface area contributed by atoms with Gasteiger partial charge < -0.3 is 14.4 Å². The van der Waals surface area contributed by atoms with Crippen LogP contribution in [0, 0.1) is 5.82 Å². The predicted octanol–water partition coefficient (Wildman–Crippen LogP) is 6.20. The Morgan fingerprint density at radius 1 is 1.13 bits per heavy atom. The number of rotatable bonds is 6. The van der Waals surface area contributed by atoms with Crippen molar-refractivity contribution in [3.05, 3.63) is 47.5 Å². The van der Waals surface area contributed by atoms with Crippen LogP contribution in [0.25, 0.3) is 21.6 Å². The second-order valence-electron chi connectivity index (χ2n) is 10.2. The highest BCUT2D eigenvalue weighted by Crippen LogP contribution is 2.40. The number of aromatic nitrogens is 5. The molecule has 0 unspecified atom stereocenters. The molecule has 0 amide bonds. The summed E-state index contributed by atoms with van der Waals surface area (Å²) in [5.74, 6) is -0.746. The van der Waals surface area contributed by atoms with Crippen LogP contribution in [0.4, 0.5) is 23.5 Å². The number of hydrogen-bond donors (Lipinski definition) is 0. The molecule has 0 N–H and O–H groups in total. The minimum Gasteiger partial charge on any atom is -0.467 e. The molecular weight excluding hydrogens is 536 g/mol. The van der Waals surface area contributed by atoms with Gasteiger partial charge in [-0.15, -0.1) is 0 Å². The summed E-state index contributed by atoms with van der Waals surface area (Å²) < 4.78 is 69.1. The van der Waals surface area contributed by atoms with Gasteiger partial charge in [0.2, 0.25) is 5.95 Å². The van der Waals surface area contributed by atoms with Gasteiger partial charge >= 0.3 is 6.18 Å². The van der Waals surface area contributed by atoms with E-state index in [1.165, 1.54) is 0 Å². The lowest BCUT2D eigenvalue weighted by atomic mass is 10.1. The quantitative estimate of drug-likeness (QED) is 0.259. The normalized spacial score (nSPS) is 20.3. The van der Waals surface area contributed by atoms with Gasteiger partial charge in [-0.3, -0.25) is 4.68 Å². The van der Waals surface area contributed by atoms with Crippen molar-refractivity contribution < 1.29 is 27.0 Å². The van der Waals surface area contributed by atoms with Crippen LogP contribution < -0.4 is 9.64 Å². The minimum atomic E-state index is -4.67. The first-order chi connectivity index (χ1) is 18.5. The van der Waals surface area contributed by atoms with E-state index in [2.05, 4.69) is 20.1 Å². The fourth-order valence-corrected chi connectivity index (χ4v) is 5.59. The Morgan fingerprint density at radius 3 is 2.62 bits per heavy atom. The first kappa shape index (κ1) is 25.9. The Balaban J connectivity index is 1.41. The van der Waals surface area contributed by atoms with Crippen LogP contribution in [-0.2, 0) is 10.9 Å². The standard InChI is InChI=1S/C26H26F4N6O2S/c1-13(2)37-25-34-23-22(39-25)21(18-7-4-16(8-19(18)27)26(28,29)30)32-24(33-23)35-10-14(3)38-20(12-35)15-9-31-36(11-15)17-5-6-17/h4,7-9,11,13-14,17,20H,5-6,10,12H2,1-3H3/t14-,20-/m1/s1. The predicted molar refractivity (Wildman–Crippen MR) is 137 cm³/mol. The molecule has 4 heterocycles. The molecule has 1 aliphatic carbocycles. The Morgan fingerprint density at radius 2 is 1.92 bits per heavy atom. The topological polar surface area (TPSA) is 78.2 Å². The Labute approximate surface area is 225 Å². The summed E-state index contributed by atoms with van der Waals surface area (Å²) in [5.41, 5.74) is 0.246. The zero-order chi connectivity index (χ0) is 27.5. The number of halogens is 4. The lowest BCUT2D eigenvalue weighted by molar-refractivity contribution is -0.137. The largest absolute Gasteiger partial charge is 0.467 e. The second-order valence-corrected chi connectivity index (χ2v) is 11.2. The fraction of sp³-hybridized carbons (Fsp3) is 0.462. The van der Waals surface area contributed by atoms with Crippen LogP contribution in [0.2, 0.25) is 0 Å². The minimum absolute atomic E-state index is 0.0695. The number of fused-ring (bicyclic) bond motifs is 1. The van der Waals surface area contributed by atoms with Crippen molar-refractivity contribution in [3.63, 3.8) is 0 Å². The monoisotopic (exact) mass is 562 g/mol. The van der Waals surface area contributed by atoms with E-state index in [-0.39, 0.29) is 41.2 Å². The molecule has 3 aromatic heterocycles. The smallest absolute Gasteiger partial charge is 0.416 e. The first-order valence-corrected chi connectivity index (χ1v) is 13.5. The van der Waals surface area contributed by atoms with E-state index in [1.807, 2.05) is 42.7 Å². The Hall–Kier alpha value is -3.32. The van der Waals surface area contributed by atoms with Gasteiger partial charge in [-0.25, -0.2) is 9.37 Å². The van der Waals surface area contributed by atoms with Crippen molar-refractivity contribution in [2.45, 2.75) is 64.1 Å². The van der Waals surface area contributed by atoms with Crippen molar-refractivity contribution in [1.29, 1.82) is 0 Å². The highest BCUT2D eigenvalue weighted by atomic mass is 32.1. The Kier molecular flexibility index (Phi) is 6.45. The van der Waals surface area contributed by atoms with Gasteiger partial charge in [0.15, 0.2) is 5.65 Å². The van der Waals surface area contributed by atoms with E-state index >= 15 is 4.39 Å². The molecule has 39 heavy (non-hydrogen) atoms. The van der Waals surface area contributed by atoms with Gasteiger partial charge in [0.25, 0.3) is 5.19 Å². The number of morpholine rings is 1. The van der Waals surface area contributed by atoms with Gasteiger partial charge in [0.05, 0.1) is 42.2 Å². The van der Waals surface area contributed by atoms with Gasteiger partial charge in [-0.2, -0.15) is 28.2 Å². The number of anilines is 1. The summed E-state index contributed by atoms with van der Waals surface area (Å²) in [6.07, 6.45) is 0.743. The van der Waals surface area contributed by atoms with E-state index in [0.717, 1.165) is 41.9 Å². The summed E-state index contributed by atoms with van der Waals surface area (Å²) in [4.78, 5) is 15.7. The molecule has 0 spiro atoms. The highest BCUT2D eigenvalue weighted by Gasteiger charge is 2.34. The average molecular weight is 563 g/mol. The van der Waals surface area contributed by atoms with Crippen LogP contribution in [0.1, 0.15) is 56.9 Å². The summed E-state index contributed by atoms with van der Waals surface area (Å²) in [7, 11) is 0. The zero-order valence-corrected chi connectivity index (χ0v) is 22.3. The molecule has 206 valence electrons. The maximum atomic E-state index is 15.2. The number of nitrogens with zero attached hydrogens (tertiary/aromatic N) is 6. The maximum absolute atomic E-state index is 15.2. The molecule has 2 atom stereocenters. The van der Waals surface area contributed by atoms with Crippen LogP contribution in [0.3, 0.4) is 0 Å². The molecule has 8 nitrogen and oxygen atoms in total. The first-order valence-electron chi connectivity index (χ1n) is 12.7. The lowest BCUT2D eigenvalue weighted by Gasteiger charge is -2.36. The molecule has 6 rings (SSSR count). The molecule has 13 heteroatoms. The van der Waals surface area contributed by atoms with Gasteiger partial charge in [-0.1, -0.05) is 11.3 Å². The molecule has 1 saturated heterocycles. The molecule has 0 radical (unpaired) electrons. The van der Waals surface area contributed by atoms with E-state index in [4.69, 9.17) is 9.47 Å². The van der Waals surface area contributed by atoms with E-state index in [9.17, 15) is 13.2 Å². The third-order valence-corrected chi connectivity index (χ3v) is 7.51. The summed E-state index contributed by atoms with van der Waals surface area (Å²) in [6.45, 7) is 6.52. The number of thiazole rings is 1. The van der Waals surface area contributed by atoms with Crippen LogP contribution >= 0.6 is 11.3 Å². The number of alkyl halides is 3. The molecule has 1 aliphatic heterocycles. The third kappa shape index (κ3) is 5.29. The second kappa shape index (κ2) is 9.70. The summed E-state index contributed by atoms with van der Waals surface area (Å²) in [5, 5.41) is 4.79. The van der Waals surface area contributed by atoms with Crippen molar-refractivity contribution in [3.8, 4) is 16.5 Å². The van der Waals surface area contributed by atoms with E-state index in [0.29, 0.717) is 35.1 Å². The van der Waals surface area contributed by atoms with Crippen molar-refractivity contribution in [2.24, 2.45) is 0 Å². The molecule has 1 aromatic carbocycles. The van der Waals surface area contributed by atoms with Gasteiger partial charge in [-0.05, 0) is 51.8 Å². The van der Waals surface area contributed by atoms with E-state index < -0.39 is 17.6 Å². The summed E-state index contributed by atoms with van der Waals surface area (Å²) in [6, 6.07) is 2.88. The third-order valence-electron chi connectivity index (χ3n) is 6.57. The van der Waals surface area contributed by atoms with Crippen LogP contribution in [0.15, 0.2) is 30.6 Å². The molecule has 2 fully saturated rings. The zero-order valence-electron chi connectivity index (χ0n) is 21.4. The number of benzene rings is 1. The molecule has 2 aliphatic rings. The van der Waals surface area contributed by atoms with Gasteiger partial charge in [0.1, 0.15) is 16.6 Å². The fourth-order valence-electron chi connectivity index (χ4n) is 4.61. The molecule has 0 bridgehead atoms. The van der Waals surface area contributed by atoms with Crippen LogP contribution in [0.5, 0.6) is 5.19 Å². The van der Waals surface area contributed by atoms with E-state index in [1.54, 1.807) is 0 Å². The lowest BCUT2D eigenvalue weighted by Crippen LogP contribution is -2.43. The van der Waals surface area contributed by atoms with Crippen LogP contribution in [-0.4, -0.2) is 50.0 Å². The van der Waals surface area contributed by atoms with Gasteiger partial charge in [0, 0.05) is 23.9 Å². The number of ether oxygens (including phenoxy) is 2. The average Bonchev–Trinajstić information content (AvgIpc) is 3.45. The van der Waals surface area contributed by atoms with Crippen molar-refractivity contribution >= 4 is 27.6 Å². The summed E-state index contributed by atoms with van der Waals surface area (Å²) >= 11 is 1.13. The molecule has 1 saturated carbocycles.